The molecule has 166 valence electrons. The molecular weight excluding hydrogens is 449 g/mol. The van der Waals surface area contributed by atoms with Crippen LogP contribution in [-0.2, 0) is 15.8 Å². The summed E-state index contributed by atoms with van der Waals surface area (Å²) in [7, 11) is 3.33. The van der Waals surface area contributed by atoms with Crippen molar-refractivity contribution in [3.8, 4) is 0 Å². The van der Waals surface area contributed by atoms with Gasteiger partial charge in [-0.1, -0.05) is 6.07 Å². The van der Waals surface area contributed by atoms with Gasteiger partial charge < -0.3 is 4.90 Å². The molecule has 2 aromatic carbocycles. The van der Waals surface area contributed by atoms with Gasteiger partial charge in [-0.2, -0.15) is 13.2 Å². The second kappa shape index (κ2) is 8.38. The number of nitro groups is 1. The van der Waals surface area contributed by atoms with E-state index < -0.39 is 34.1 Å². The number of rotatable bonds is 4. The molecule has 0 atom stereocenters. The third-order valence-corrected chi connectivity index (χ3v) is 4.82. The van der Waals surface area contributed by atoms with Crippen LogP contribution in [0.4, 0.5) is 30.2 Å². The zero-order valence-corrected chi connectivity index (χ0v) is 17.5. The fraction of sp³-hybridized carbons (Fsp3) is 0.150. The number of non-ortho nitro benzene ring substituents is 1. The number of halogens is 3. The fourth-order valence-corrected chi connectivity index (χ4v) is 3.33. The Kier molecular flexibility index (Phi) is 5.99. The molecule has 0 bridgehead atoms. The van der Waals surface area contributed by atoms with E-state index in [1.54, 1.807) is 19.0 Å². The lowest BCUT2D eigenvalue weighted by molar-refractivity contribution is -0.384. The van der Waals surface area contributed by atoms with E-state index in [0.29, 0.717) is 5.69 Å². The fourth-order valence-electron chi connectivity index (χ4n) is 3.05. The van der Waals surface area contributed by atoms with Crippen molar-refractivity contribution in [2.24, 2.45) is 0 Å². The second-order valence-corrected chi connectivity index (χ2v) is 7.29. The summed E-state index contributed by atoms with van der Waals surface area (Å²) >= 11 is 5.01. The normalized spacial score (nSPS) is 15.7. The summed E-state index contributed by atoms with van der Waals surface area (Å²) in [6, 6.07) is 7.83. The van der Waals surface area contributed by atoms with Crippen LogP contribution in [0.25, 0.3) is 6.08 Å². The molecule has 0 unspecified atom stereocenters. The van der Waals surface area contributed by atoms with Crippen molar-refractivity contribution in [2.75, 3.05) is 23.9 Å². The van der Waals surface area contributed by atoms with Gasteiger partial charge in [-0.25, -0.2) is 0 Å². The van der Waals surface area contributed by atoms with Crippen LogP contribution < -0.4 is 15.1 Å². The molecule has 12 heteroatoms. The molecule has 1 fully saturated rings. The Morgan fingerprint density at radius 3 is 2.44 bits per heavy atom. The minimum Gasteiger partial charge on any atom is -0.377 e. The lowest BCUT2D eigenvalue weighted by Crippen LogP contribution is -2.54. The Balaban J connectivity index is 2.11. The van der Waals surface area contributed by atoms with Gasteiger partial charge in [0, 0.05) is 37.5 Å². The Labute approximate surface area is 185 Å². The number of amides is 2. The average Bonchev–Trinajstić information content (AvgIpc) is 2.70. The minimum absolute atomic E-state index is 0.187. The zero-order chi connectivity index (χ0) is 23.8. The summed E-state index contributed by atoms with van der Waals surface area (Å²) in [5, 5.41) is 13.0. The maximum absolute atomic E-state index is 13.1. The summed E-state index contributed by atoms with van der Waals surface area (Å²) in [6.45, 7) is 0. The van der Waals surface area contributed by atoms with Crippen molar-refractivity contribution in [2.45, 2.75) is 6.18 Å². The van der Waals surface area contributed by atoms with E-state index >= 15 is 0 Å². The van der Waals surface area contributed by atoms with Gasteiger partial charge in [-0.05, 0) is 42.6 Å². The van der Waals surface area contributed by atoms with Crippen LogP contribution in [0.15, 0.2) is 48.0 Å². The highest BCUT2D eigenvalue weighted by Gasteiger charge is 2.37. The molecule has 0 spiro atoms. The van der Waals surface area contributed by atoms with Crippen LogP contribution >= 0.6 is 12.2 Å². The summed E-state index contributed by atoms with van der Waals surface area (Å²) in [4.78, 5) is 38.5. The van der Waals surface area contributed by atoms with Crippen molar-refractivity contribution in [1.82, 2.24) is 5.32 Å². The predicted octanol–water partition coefficient (Wildman–Crippen LogP) is 3.51. The van der Waals surface area contributed by atoms with Crippen molar-refractivity contribution >= 4 is 52.3 Å². The number of nitrogens with one attached hydrogen (secondary N) is 1. The molecule has 0 aromatic heterocycles. The summed E-state index contributed by atoms with van der Waals surface area (Å²) in [5.74, 6) is -1.84. The molecule has 1 aliphatic heterocycles. The topological polar surface area (TPSA) is 95.8 Å². The first-order chi connectivity index (χ1) is 14.9. The average molecular weight is 464 g/mol. The number of nitro benzene ring substituents is 1. The molecule has 1 N–H and O–H groups in total. The second-order valence-electron chi connectivity index (χ2n) is 6.90. The number of hydrogen-bond donors (Lipinski definition) is 1. The van der Waals surface area contributed by atoms with Gasteiger partial charge in [0.05, 0.1) is 16.2 Å². The molecule has 1 heterocycles. The lowest BCUT2D eigenvalue weighted by atomic mass is 10.0. The van der Waals surface area contributed by atoms with Crippen LogP contribution in [0.1, 0.15) is 11.1 Å². The van der Waals surface area contributed by atoms with E-state index in [1.807, 2.05) is 0 Å². The van der Waals surface area contributed by atoms with E-state index in [9.17, 15) is 32.9 Å². The Bertz CT molecular complexity index is 1180. The van der Waals surface area contributed by atoms with Gasteiger partial charge in [-0.15, -0.1) is 0 Å². The smallest absolute Gasteiger partial charge is 0.377 e. The SMILES string of the molecule is CN(C)c1ccc([N+](=O)[O-])cc1/C=C1/C(=O)NC(=S)N(c2cccc(C(F)(F)F)c2)C1=O. The third kappa shape index (κ3) is 4.44. The van der Waals surface area contributed by atoms with Crippen LogP contribution in [0.5, 0.6) is 0 Å². The zero-order valence-electron chi connectivity index (χ0n) is 16.6. The standard InChI is InChI=1S/C20H15F3N4O4S/c1-25(2)16-7-6-14(27(30)31)8-11(16)9-15-17(28)24-19(32)26(18(15)29)13-5-3-4-12(10-13)20(21,22)23/h3-10H,1-2H3,(H,24,28,32)/b15-9-. The Morgan fingerprint density at radius 1 is 1.16 bits per heavy atom. The third-order valence-electron chi connectivity index (χ3n) is 4.54. The van der Waals surface area contributed by atoms with Gasteiger partial charge in [0.25, 0.3) is 17.5 Å². The quantitative estimate of drug-likeness (QED) is 0.245. The van der Waals surface area contributed by atoms with Gasteiger partial charge in [0.15, 0.2) is 5.11 Å². The van der Waals surface area contributed by atoms with E-state index in [1.165, 1.54) is 24.3 Å². The monoisotopic (exact) mass is 464 g/mol. The van der Waals surface area contributed by atoms with Gasteiger partial charge in [0.2, 0.25) is 0 Å². The van der Waals surface area contributed by atoms with Crippen LogP contribution in [0.3, 0.4) is 0 Å². The molecular formula is C20H15F3N4O4S. The summed E-state index contributed by atoms with van der Waals surface area (Å²) in [5.41, 5.74) is -1.23. The Hall–Kier alpha value is -3.80. The number of benzene rings is 2. The minimum atomic E-state index is -4.65. The first kappa shape index (κ1) is 22.9. The van der Waals surface area contributed by atoms with Crippen molar-refractivity contribution in [3.63, 3.8) is 0 Å². The summed E-state index contributed by atoms with van der Waals surface area (Å²) < 4.78 is 39.3. The van der Waals surface area contributed by atoms with Crippen LogP contribution in [0.2, 0.25) is 0 Å². The molecule has 1 saturated heterocycles. The molecule has 0 radical (unpaired) electrons. The molecule has 0 aliphatic carbocycles. The maximum Gasteiger partial charge on any atom is 0.416 e. The maximum atomic E-state index is 13.1. The Morgan fingerprint density at radius 2 is 1.84 bits per heavy atom. The molecule has 8 nitrogen and oxygen atoms in total. The molecule has 3 rings (SSSR count). The number of alkyl halides is 3. The summed E-state index contributed by atoms with van der Waals surface area (Å²) in [6.07, 6.45) is -3.51. The molecule has 1 aliphatic rings. The largest absolute Gasteiger partial charge is 0.416 e. The number of thiocarbonyl (C=S) groups is 1. The highest BCUT2D eigenvalue weighted by atomic mass is 32.1. The number of anilines is 2. The highest BCUT2D eigenvalue weighted by Crippen LogP contribution is 2.33. The van der Waals surface area contributed by atoms with E-state index in [0.717, 1.165) is 29.2 Å². The van der Waals surface area contributed by atoms with Crippen molar-refractivity contribution < 1.29 is 27.7 Å². The van der Waals surface area contributed by atoms with E-state index in [-0.39, 0.29) is 22.1 Å². The van der Waals surface area contributed by atoms with E-state index in [4.69, 9.17) is 12.2 Å². The first-order valence-electron chi connectivity index (χ1n) is 8.94. The number of hydrogen-bond acceptors (Lipinski definition) is 6. The van der Waals surface area contributed by atoms with Crippen molar-refractivity contribution in [1.29, 1.82) is 0 Å². The first-order valence-corrected chi connectivity index (χ1v) is 9.35. The molecule has 32 heavy (non-hydrogen) atoms. The lowest BCUT2D eigenvalue weighted by Gasteiger charge is -2.29. The number of carbonyl (C=O) groups excluding carboxylic acids is 2. The van der Waals surface area contributed by atoms with Crippen LogP contribution in [0, 0.1) is 10.1 Å². The van der Waals surface area contributed by atoms with Crippen molar-refractivity contribution in [3.05, 3.63) is 69.3 Å². The van der Waals surface area contributed by atoms with Gasteiger partial charge >= 0.3 is 6.18 Å². The molecule has 0 saturated carbocycles. The van der Waals surface area contributed by atoms with Gasteiger partial charge in [0.1, 0.15) is 5.57 Å². The number of carbonyl (C=O) groups is 2. The highest BCUT2D eigenvalue weighted by molar-refractivity contribution is 7.80. The number of nitrogens with zero attached hydrogens (tertiary/aromatic N) is 3. The molecule has 2 amide bonds. The van der Waals surface area contributed by atoms with Crippen LogP contribution in [-0.4, -0.2) is 35.9 Å². The van der Waals surface area contributed by atoms with Gasteiger partial charge in [-0.3, -0.25) is 29.9 Å². The van der Waals surface area contributed by atoms with E-state index in [2.05, 4.69) is 5.32 Å². The molecule has 2 aromatic rings. The predicted molar refractivity (Wildman–Crippen MR) is 115 cm³/mol.